The van der Waals surface area contributed by atoms with E-state index in [1.165, 1.54) is 33.6 Å². The molecule has 1 saturated heterocycles. The zero-order valence-electron chi connectivity index (χ0n) is 12.9. The van der Waals surface area contributed by atoms with E-state index in [1.54, 1.807) is 0 Å². The van der Waals surface area contributed by atoms with E-state index in [0.717, 1.165) is 15.6 Å². The number of carbonyl (C=O) groups is 2. The van der Waals surface area contributed by atoms with Gasteiger partial charge in [0, 0.05) is 24.0 Å². The average molecular weight is 347 g/mol. The van der Waals surface area contributed by atoms with E-state index >= 15 is 0 Å². The van der Waals surface area contributed by atoms with Crippen molar-refractivity contribution >= 4 is 35.0 Å². The van der Waals surface area contributed by atoms with Crippen molar-refractivity contribution in [3.8, 4) is 11.3 Å². The molecule has 0 unspecified atom stereocenters. The summed E-state index contributed by atoms with van der Waals surface area (Å²) in [5.74, 6) is -0.169. The lowest BCUT2D eigenvalue weighted by Crippen LogP contribution is -2.38. The minimum absolute atomic E-state index is 0.169. The van der Waals surface area contributed by atoms with Gasteiger partial charge >= 0.3 is 6.03 Å². The highest BCUT2D eigenvalue weighted by molar-refractivity contribution is 8.02. The van der Waals surface area contributed by atoms with Gasteiger partial charge in [0.25, 0.3) is 0 Å². The molecular formula is C16H17N3O2S2. The van der Waals surface area contributed by atoms with Crippen molar-refractivity contribution < 1.29 is 9.59 Å². The number of hydrogen-bond donors (Lipinski definition) is 1. The van der Waals surface area contributed by atoms with E-state index in [4.69, 9.17) is 0 Å². The summed E-state index contributed by atoms with van der Waals surface area (Å²) in [5, 5.41) is 4.30. The molecule has 1 aromatic carbocycles. The maximum absolute atomic E-state index is 12.3. The van der Waals surface area contributed by atoms with Gasteiger partial charge in [0.2, 0.25) is 5.91 Å². The van der Waals surface area contributed by atoms with Crippen LogP contribution in [0.4, 0.5) is 4.79 Å². The Bertz CT molecular complexity index is 727. The maximum Gasteiger partial charge on any atom is 0.324 e. The third-order valence-corrected chi connectivity index (χ3v) is 5.64. The van der Waals surface area contributed by atoms with E-state index in [-0.39, 0.29) is 17.2 Å². The fourth-order valence-electron chi connectivity index (χ4n) is 2.27. The molecule has 3 amide bonds. The first kappa shape index (κ1) is 16.0. The monoisotopic (exact) mass is 347 g/mol. The Labute approximate surface area is 143 Å². The lowest BCUT2D eigenvalue weighted by atomic mass is 10.1. The number of amides is 3. The van der Waals surface area contributed by atoms with Crippen LogP contribution in [-0.2, 0) is 4.79 Å². The topological polar surface area (TPSA) is 62.3 Å². The van der Waals surface area contributed by atoms with Crippen molar-refractivity contribution in [1.29, 1.82) is 0 Å². The zero-order valence-corrected chi connectivity index (χ0v) is 14.5. The molecule has 1 atom stereocenters. The third-order valence-electron chi connectivity index (χ3n) is 3.58. The molecule has 0 saturated carbocycles. The number of nitrogens with zero attached hydrogens (tertiary/aromatic N) is 2. The van der Waals surface area contributed by atoms with Crippen LogP contribution < -0.4 is 5.32 Å². The van der Waals surface area contributed by atoms with Crippen molar-refractivity contribution in [3.63, 3.8) is 0 Å². The highest BCUT2D eigenvalue weighted by Crippen LogP contribution is 2.31. The zero-order chi connectivity index (χ0) is 16.4. The standard InChI is InChI=1S/C16H17N3O2S2/c1-10-3-5-12(6-4-10)13-9-22-16(18-13)23-11(2)14(20)19-8-7-17-15(19)21/h3-6,9,11H,7-8H2,1-2H3,(H,17,21)/t11-/m1/s1. The van der Waals surface area contributed by atoms with Crippen LogP contribution in [0.1, 0.15) is 12.5 Å². The Morgan fingerprint density at radius 1 is 1.39 bits per heavy atom. The van der Waals surface area contributed by atoms with Crippen LogP contribution in [0.2, 0.25) is 0 Å². The Morgan fingerprint density at radius 3 is 2.78 bits per heavy atom. The third kappa shape index (κ3) is 3.56. The van der Waals surface area contributed by atoms with Crippen LogP contribution >= 0.6 is 23.1 Å². The van der Waals surface area contributed by atoms with Gasteiger partial charge in [-0.1, -0.05) is 41.6 Å². The number of thioether (sulfide) groups is 1. The highest BCUT2D eigenvalue weighted by atomic mass is 32.2. The van der Waals surface area contributed by atoms with Crippen LogP contribution in [0.25, 0.3) is 11.3 Å². The first-order chi connectivity index (χ1) is 11.0. The molecule has 120 valence electrons. The molecule has 2 heterocycles. The molecule has 7 heteroatoms. The van der Waals surface area contributed by atoms with Crippen molar-refractivity contribution in [2.24, 2.45) is 0 Å². The SMILES string of the molecule is Cc1ccc(-c2csc(S[C@H](C)C(=O)N3CCNC3=O)n2)cc1. The second-order valence-electron chi connectivity index (χ2n) is 5.35. The molecule has 1 fully saturated rings. The van der Waals surface area contributed by atoms with Crippen LogP contribution in [0.3, 0.4) is 0 Å². The summed E-state index contributed by atoms with van der Waals surface area (Å²) < 4.78 is 0.834. The number of nitrogens with one attached hydrogen (secondary N) is 1. The van der Waals surface area contributed by atoms with Gasteiger partial charge in [-0.25, -0.2) is 9.78 Å². The summed E-state index contributed by atoms with van der Waals surface area (Å²) in [7, 11) is 0. The van der Waals surface area contributed by atoms with E-state index in [1.807, 2.05) is 31.4 Å². The molecule has 0 spiro atoms. The summed E-state index contributed by atoms with van der Waals surface area (Å²) in [5.41, 5.74) is 3.19. The van der Waals surface area contributed by atoms with Crippen LogP contribution in [-0.4, -0.2) is 40.2 Å². The molecule has 1 N–H and O–H groups in total. The molecule has 1 aromatic heterocycles. The molecule has 2 aromatic rings. The van der Waals surface area contributed by atoms with E-state index in [9.17, 15) is 9.59 Å². The van der Waals surface area contributed by atoms with Crippen molar-refractivity contribution in [2.45, 2.75) is 23.4 Å². The Balaban J connectivity index is 1.67. The number of aromatic nitrogens is 1. The predicted octanol–water partition coefficient (Wildman–Crippen LogP) is 3.15. The Kier molecular flexibility index (Phi) is 4.68. The Hall–Kier alpha value is -1.86. The fourth-order valence-corrected chi connectivity index (χ4v) is 4.30. The van der Waals surface area contributed by atoms with Crippen LogP contribution in [0, 0.1) is 6.92 Å². The molecule has 5 nitrogen and oxygen atoms in total. The number of rotatable bonds is 4. The van der Waals surface area contributed by atoms with Gasteiger partial charge in [-0.05, 0) is 13.8 Å². The second-order valence-corrected chi connectivity index (χ2v) is 7.79. The summed E-state index contributed by atoms with van der Waals surface area (Å²) in [6.07, 6.45) is 0. The number of hydrogen-bond acceptors (Lipinski definition) is 5. The molecule has 23 heavy (non-hydrogen) atoms. The Morgan fingerprint density at radius 2 is 2.13 bits per heavy atom. The molecule has 0 radical (unpaired) electrons. The van der Waals surface area contributed by atoms with E-state index in [0.29, 0.717) is 13.1 Å². The van der Waals surface area contributed by atoms with Gasteiger partial charge in [-0.3, -0.25) is 9.69 Å². The van der Waals surface area contributed by atoms with Gasteiger partial charge in [-0.15, -0.1) is 11.3 Å². The number of carbonyl (C=O) groups excluding carboxylic acids is 2. The van der Waals surface area contributed by atoms with Crippen molar-refractivity contribution in [2.75, 3.05) is 13.1 Å². The minimum Gasteiger partial charge on any atom is -0.336 e. The summed E-state index contributed by atoms with van der Waals surface area (Å²) in [4.78, 5) is 29.7. The molecule has 3 rings (SSSR count). The second kappa shape index (κ2) is 6.72. The fraction of sp³-hybridized carbons (Fsp3) is 0.312. The minimum atomic E-state index is -0.337. The molecular weight excluding hydrogens is 330 g/mol. The molecule has 1 aliphatic heterocycles. The largest absolute Gasteiger partial charge is 0.336 e. The average Bonchev–Trinajstić information content (AvgIpc) is 3.16. The first-order valence-electron chi connectivity index (χ1n) is 7.33. The highest BCUT2D eigenvalue weighted by Gasteiger charge is 2.30. The van der Waals surface area contributed by atoms with Gasteiger partial charge in [-0.2, -0.15) is 0 Å². The lowest BCUT2D eigenvalue weighted by Gasteiger charge is -2.16. The number of imide groups is 1. The van der Waals surface area contributed by atoms with E-state index in [2.05, 4.69) is 22.4 Å². The normalized spacial score (nSPS) is 15.6. The maximum atomic E-state index is 12.3. The number of benzene rings is 1. The number of thiazole rings is 1. The molecule has 0 aliphatic carbocycles. The summed E-state index contributed by atoms with van der Waals surface area (Å²) >= 11 is 2.91. The van der Waals surface area contributed by atoms with Crippen LogP contribution in [0.15, 0.2) is 34.0 Å². The van der Waals surface area contributed by atoms with E-state index < -0.39 is 0 Å². The van der Waals surface area contributed by atoms with Crippen LogP contribution in [0.5, 0.6) is 0 Å². The quantitative estimate of drug-likeness (QED) is 0.863. The van der Waals surface area contributed by atoms with Crippen molar-refractivity contribution in [3.05, 3.63) is 35.2 Å². The summed E-state index contributed by atoms with van der Waals surface area (Å²) in [6.45, 7) is 4.82. The smallest absolute Gasteiger partial charge is 0.324 e. The number of urea groups is 1. The molecule has 1 aliphatic rings. The van der Waals surface area contributed by atoms with Gasteiger partial charge < -0.3 is 5.32 Å². The number of aryl methyl sites for hydroxylation is 1. The first-order valence-corrected chi connectivity index (χ1v) is 9.09. The molecule has 0 bridgehead atoms. The lowest BCUT2D eigenvalue weighted by molar-refractivity contribution is -0.126. The van der Waals surface area contributed by atoms with Gasteiger partial charge in [0.15, 0.2) is 4.34 Å². The van der Waals surface area contributed by atoms with Crippen molar-refractivity contribution in [1.82, 2.24) is 15.2 Å². The summed E-state index contributed by atoms with van der Waals surface area (Å²) in [6, 6.07) is 7.89. The van der Waals surface area contributed by atoms with Gasteiger partial charge in [0.05, 0.1) is 10.9 Å². The predicted molar refractivity (Wildman–Crippen MR) is 92.7 cm³/mol. The van der Waals surface area contributed by atoms with Gasteiger partial charge in [0.1, 0.15) is 0 Å².